The monoisotopic (exact) mass is 348 g/mol. The van der Waals surface area contributed by atoms with Crippen molar-refractivity contribution < 1.29 is 9.90 Å². The van der Waals surface area contributed by atoms with Gasteiger partial charge in [-0.2, -0.15) is 0 Å². The van der Waals surface area contributed by atoms with E-state index in [4.69, 9.17) is 0 Å². The first-order valence-corrected chi connectivity index (χ1v) is 7.42. The number of hydrogen-bond donors (Lipinski definition) is 3. The van der Waals surface area contributed by atoms with Gasteiger partial charge in [-0.05, 0) is 36.2 Å². The highest BCUT2D eigenvalue weighted by atomic mass is 79.9. The fourth-order valence-electron chi connectivity index (χ4n) is 1.87. The molecule has 0 saturated carbocycles. The van der Waals surface area contributed by atoms with Crippen molar-refractivity contribution in [1.82, 2.24) is 5.32 Å². The number of amides is 2. The Morgan fingerprint density at radius 3 is 2.71 bits per heavy atom. The number of benzene rings is 2. The van der Waals surface area contributed by atoms with Crippen LogP contribution in [-0.4, -0.2) is 11.1 Å². The predicted octanol–water partition coefficient (Wildman–Crippen LogP) is 3.82. The van der Waals surface area contributed by atoms with E-state index in [-0.39, 0.29) is 6.03 Å². The molecule has 3 N–H and O–H groups in total. The van der Waals surface area contributed by atoms with Crippen molar-refractivity contribution in [3.63, 3.8) is 0 Å². The summed E-state index contributed by atoms with van der Waals surface area (Å²) in [6.45, 7) is 2.12. The largest absolute Gasteiger partial charge is 0.389 e. The molecular weight excluding hydrogens is 332 g/mol. The Bertz CT molecular complexity index is 629. The molecule has 21 heavy (non-hydrogen) atoms. The molecule has 2 amide bonds. The zero-order valence-corrected chi connectivity index (χ0v) is 13.2. The fourth-order valence-corrected chi connectivity index (χ4v) is 2.29. The second-order valence-corrected chi connectivity index (χ2v) is 5.55. The van der Waals surface area contributed by atoms with Gasteiger partial charge in [-0.1, -0.05) is 46.3 Å². The van der Waals surface area contributed by atoms with Crippen LogP contribution in [0.4, 0.5) is 10.5 Å². The van der Waals surface area contributed by atoms with Crippen LogP contribution >= 0.6 is 15.9 Å². The first-order chi connectivity index (χ1) is 10.1. The number of halogens is 1. The van der Waals surface area contributed by atoms with Gasteiger partial charge in [0.25, 0.3) is 0 Å². The Morgan fingerprint density at radius 2 is 2.00 bits per heavy atom. The van der Waals surface area contributed by atoms with Crippen molar-refractivity contribution in [2.45, 2.75) is 19.6 Å². The van der Waals surface area contributed by atoms with Gasteiger partial charge in [-0.3, -0.25) is 0 Å². The minimum atomic E-state index is -0.560. The number of nitrogens with one attached hydrogen (secondary N) is 2. The van der Waals surface area contributed by atoms with Gasteiger partial charge in [0.05, 0.1) is 6.10 Å². The number of carbonyl (C=O) groups excluding carboxylic acids is 1. The molecule has 0 aliphatic rings. The van der Waals surface area contributed by atoms with Crippen LogP contribution in [0, 0.1) is 0 Å². The van der Waals surface area contributed by atoms with Crippen molar-refractivity contribution in [3.8, 4) is 0 Å². The zero-order chi connectivity index (χ0) is 15.2. The predicted molar refractivity (Wildman–Crippen MR) is 87.1 cm³/mol. The third-order valence-corrected chi connectivity index (χ3v) is 3.80. The molecular formula is C16H17BrN2O2. The van der Waals surface area contributed by atoms with Crippen LogP contribution < -0.4 is 10.6 Å². The van der Waals surface area contributed by atoms with Gasteiger partial charge in [0, 0.05) is 16.7 Å². The summed E-state index contributed by atoms with van der Waals surface area (Å²) in [6.07, 6.45) is -0.560. The van der Waals surface area contributed by atoms with Crippen molar-refractivity contribution in [3.05, 3.63) is 64.1 Å². The second kappa shape index (κ2) is 7.24. The number of urea groups is 1. The summed E-state index contributed by atoms with van der Waals surface area (Å²) < 4.78 is 0.960. The lowest BCUT2D eigenvalue weighted by Crippen LogP contribution is -2.28. The van der Waals surface area contributed by atoms with Crippen LogP contribution in [0.3, 0.4) is 0 Å². The SMILES string of the molecule is CC(O)c1cccc(NC(=O)NCc2ccccc2Br)c1. The normalized spacial score (nSPS) is 11.8. The van der Waals surface area contributed by atoms with Crippen molar-refractivity contribution in [2.75, 3.05) is 5.32 Å². The van der Waals surface area contributed by atoms with Gasteiger partial charge in [-0.25, -0.2) is 4.79 Å². The fraction of sp³-hybridized carbons (Fsp3) is 0.188. The Morgan fingerprint density at radius 1 is 1.24 bits per heavy atom. The Hall–Kier alpha value is -1.85. The second-order valence-electron chi connectivity index (χ2n) is 4.70. The van der Waals surface area contributed by atoms with Gasteiger partial charge < -0.3 is 15.7 Å². The highest BCUT2D eigenvalue weighted by Crippen LogP contribution is 2.17. The van der Waals surface area contributed by atoms with E-state index < -0.39 is 6.10 Å². The summed E-state index contributed by atoms with van der Waals surface area (Å²) in [5, 5.41) is 15.1. The highest BCUT2D eigenvalue weighted by molar-refractivity contribution is 9.10. The van der Waals surface area contributed by atoms with E-state index in [9.17, 15) is 9.90 Å². The Labute approximate surface area is 132 Å². The maximum absolute atomic E-state index is 11.9. The summed E-state index contributed by atoms with van der Waals surface area (Å²) in [5.41, 5.74) is 2.42. The molecule has 0 aliphatic carbocycles. The molecule has 1 unspecified atom stereocenters. The molecule has 0 aliphatic heterocycles. The molecule has 0 radical (unpaired) electrons. The van der Waals surface area contributed by atoms with Crippen LogP contribution in [-0.2, 0) is 6.54 Å². The lowest BCUT2D eigenvalue weighted by molar-refractivity contribution is 0.199. The van der Waals surface area contributed by atoms with Crippen molar-refractivity contribution in [1.29, 1.82) is 0 Å². The van der Waals surface area contributed by atoms with Gasteiger partial charge in [0.2, 0.25) is 0 Å². The molecule has 0 heterocycles. The van der Waals surface area contributed by atoms with Crippen LogP contribution in [0.1, 0.15) is 24.2 Å². The Balaban J connectivity index is 1.93. The molecule has 2 aromatic rings. The van der Waals surface area contributed by atoms with Crippen LogP contribution in [0.25, 0.3) is 0 Å². The van der Waals surface area contributed by atoms with E-state index in [1.807, 2.05) is 30.3 Å². The minimum absolute atomic E-state index is 0.284. The first kappa shape index (κ1) is 15.5. The quantitative estimate of drug-likeness (QED) is 0.786. The molecule has 4 nitrogen and oxygen atoms in total. The van der Waals surface area contributed by atoms with Gasteiger partial charge >= 0.3 is 6.03 Å². The molecule has 0 aromatic heterocycles. The maximum Gasteiger partial charge on any atom is 0.319 e. The number of rotatable bonds is 4. The van der Waals surface area contributed by atoms with E-state index in [0.717, 1.165) is 15.6 Å². The summed E-state index contributed by atoms with van der Waals surface area (Å²) in [4.78, 5) is 11.9. The van der Waals surface area contributed by atoms with E-state index in [1.165, 1.54) is 0 Å². The molecule has 1 atom stereocenters. The van der Waals surface area contributed by atoms with E-state index >= 15 is 0 Å². The third-order valence-electron chi connectivity index (χ3n) is 3.02. The van der Waals surface area contributed by atoms with E-state index in [1.54, 1.807) is 25.1 Å². The summed E-state index contributed by atoms with van der Waals surface area (Å²) >= 11 is 3.44. The average Bonchev–Trinajstić information content (AvgIpc) is 2.46. The maximum atomic E-state index is 11.9. The van der Waals surface area contributed by atoms with Crippen molar-refractivity contribution in [2.24, 2.45) is 0 Å². The third kappa shape index (κ3) is 4.58. The molecule has 5 heteroatoms. The number of anilines is 1. The smallest absolute Gasteiger partial charge is 0.319 e. The molecule has 110 valence electrons. The van der Waals surface area contributed by atoms with Crippen LogP contribution in [0.2, 0.25) is 0 Å². The highest BCUT2D eigenvalue weighted by Gasteiger charge is 2.06. The molecule has 2 rings (SSSR count). The molecule has 0 spiro atoms. The van der Waals surface area contributed by atoms with Crippen LogP contribution in [0.5, 0.6) is 0 Å². The molecule has 0 fully saturated rings. The molecule has 0 bridgehead atoms. The minimum Gasteiger partial charge on any atom is -0.389 e. The van der Waals surface area contributed by atoms with E-state index in [0.29, 0.717) is 12.2 Å². The van der Waals surface area contributed by atoms with Gasteiger partial charge in [0.1, 0.15) is 0 Å². The molecule has 0 saturated heterocycles. The summed E-state index contributed by atoms with van der Waals surface area (Å²) in [5.74, 6) is 0. The molecule has 2 aromatic carbocycles. The zero-order valence-electron chi connectivity index (χ0n) is 11.6. The van der Waals surface area contributed by atoms with Gasteiger partial charge in [-0.15, -0.1) is 0 Å². The number of carbonyl (C=O) groups is 1. The van der Waals surface area contributed by atoms with Crippen LogP contribution in [0.15, 0.2) is 53.0 Å². The summed E-state index contributed by atoms with van der Waals surface area (Å²) in [6, 6.07) is 14.6. The topological polar surface area (TPSA) is 61.4 Å². The van der Waals surface area contributed by atoms with Crippen molar-refractivity contribution >= 4 is 27.6 Å². The summed E-state index contributed by atoms with van der Waals surface area (Å²) in [7, 11) is 0. The first-order valence-electron chi connectivity index (χ1n) is 6.62. The number of hydrogen-bond acceptors (Lipinski definition) is 2. The number of aliphatic hydroxyl groups excluding tert-OH is 1. The number of aliphatic hydroxyl groups is 1. The van der Waals surface area contributed by atoms with Gasteiger partial charge in [0.15, 0.2) is 0 Å². The standard InChI is InChI=1S/C16H17BrN2O2/c1-11(20)12-6-4-7-14(9-12)19-16(21)18-10-13-5-2-3-8-15(13)17/h2-9,11,20H,10H2,1H3,(H2,18,19,21). The lowest BCUT2D eigenvalue weighted by Gasteiger charge is -2.11. The lowest BCUT2D eigenvalue weighted by atomic mass is 10.1. The van der Waals surface area contributed by atoms with E-state index in [2.05, 4.69) is 26.6 Å². The average molecular weight is 349 g/mol. The Kier molecular flexibility index (Phi) is 5.36.